The molecule has 19 heavy (non-hydrogen) atoms. The van der Waals surface area contributed by atoms with E-state index in [2.05, 4.69) is 15.0 Å². The standard InChI is InChI=1S/C11H10Cl2N4OS/c12-7-1-6-19-8(7)9-14-10(13)16-11(15-9)17-2-4-18-5-3-17/h1,6H,2-5H2. The lowest BCUT2D eigenvalue weighted by atomic mass is 10.4. The van der Waals surface area contributed by atoms with Crippen LogP contribution in [0.2, 0.25) is 10.3 Å². The molecule has 1 fully saturated rings. The SMILES string of the molecule is Clc1nc(-c2sccc2Cl)nc(N2CCOCC2)n1. The Hall–Kier alpha value is -0.950. The molecule has 1 aliphatic rings. The molecule has 2 aromatic heterocycles. The van der Waals surface area contributed by atoms with Crippen molar-refractivity contribution in [2.24, 2.45) is 0 Å². The number of nitrogens with zero attached hydrogens (tertiary/aromatic N) is 4. The highest BCUT2D eigenvalue weighted by Crippen LogP contribution is 2.32. The first-order valence-corrected chi connectivity index (χ1v) is 7.35. The minimum absolute atomic E-state index is 0.177. The average Bonchev–Trinajstić information content (AvgIpc) is 2.85. The van der Waals surface area contributed by atoms with Crippen LogP contribution in [-0.4, -0.2) is 41.3 Å². The van der Waals surface area contributed by atoms with Gasteiger partial charge in [-0.3, -0.25) is 0 Å². The molecule has 0 N–H and O–H groups in total. The van der Waals surface area contributed by atoms with E-state index < -0.39 is 0 Å². The van der Waals surface area contributed by atoms with Crippen molar-refractivity contribution in [2.75, 3.05) is 31.2 Å². The van der Waals surface area contributed by atoms with E-state index >= 15 is 0 Å². The molecular weight excluding hydrogens is 307 g/mol. The Morgan fingerprint density at radius 1 is 1.16 bits per heavy atom. The van der Waals surface area contributed by atoms with Gasteiger partial charge in [0.05, 0.1) is 23.1 Å². The third-order valence-electron chi connectivity index (χ3n) is 2.71. The van der Waals surface area contributed by atoms with E-state index in [0.717, 1.165) is 18.0 Å². The van der Waals surface area contributed by atoms with Crippen molar-refractivity contribution in [1.29, 1.82) is 0 Å². The fraction of sp³-hybridized carbons (Fsp3) is 0.364. The number of morpholine rings is 1. The lowest BCUT2D eigenvalue weighted by Gasteiger charge is -2.26. The number of ether oxygens (including phenoxy) is 1. The van der Waals surface area contributed by atoms with E-state index in [0.29, 0.717) is 30.0 Å². The Morgan fingerprint density at radius 2 is 1.95 bits per heavy atom. The monoisotopic (exact) mass is 316 g/mol. The van der Waals surface area contributed by atoms with Gasteiger partial charge >= 0.3 is 0 Å². The van der Waals surface area contributed by atoms with Crippen LogP contribution in [0.4, 0.5) is 5.95 Å². The molecule has 0 saturated carbocycles. The van der Waals surface area contributed by atoms with Gasteiger partial charge in [0.1, 0.15) is 0 Å². The Labute approximate surface area is 124 Å². The smallest absolute Gasteiger partial charge is 0.230 e. The summed E-state index contributed by atoms with van der Waals surface area (Å²) in [5, 5.41) is 2.69. The molecule has 0 atom stereocenters. The quantitative estimate of drug-likeness (QED) is 0.852. The molecular formula is C11H10Cl2N4OS. The van der Waals surface area contributed by atoms with Crippen molar-refractivity contribution in [3.05, 3.63) is 21.8 Å². The zero-order valence-electron chi connectivity index (χ0n) is 9.84. The number of aromatic nitrogens is 3. The molecule has 8 heteroatoms. The van der Waals surface area contributed by atoms with Crippen molar-refractivity contribution >= 4 is 40.5 Å². The molecule has 2 aromatic rings. The van der Waals surface area contributed by atoms with Gasteiger partial charge in [-0.15, -0.1) is 11.3 Å². The first kappa shape index (κ1) is 13.1. The van der Waals surface area contributed by atoms with Gasteiger partial charge < -0.3 is 9.64 Å². The second-order valence-corrected chi connectivity index (χ2v) is 5.59. The normalized spacial score (nSPS) is 15.8. The molecule has 0 spiro atoms. The highest BCUT2D eigenvalue weighted by molar-refractivity contribution is 7.14. The van der Waals surface area contributed by atoms with E-state index in [1.54, 1.807) is 0 Å². The first-order chi connectivity index (χ1) is 9.24. The van der Waals surface area contributed by atoms with E-state index in [9.17, 15) is 0 Å². The Bertz CT molecular complexity index is 586. The molecule has 0 aromatic carbocycles. The molecule has 3 rings (SSSR count). The second-order valence-electron chi connectivity index (χ2n) is 3.93. The van der Waals surface area contributed by atoms with E-state index in [-0.39, 0.29) is 5.28 Å². The summed E-state index contributed by atoms with van der Waals surface area (Å²) in [4.78, 5) is 15.6. The minimum atomic E-state index is 0.177. The number of rotatable bonds is 2. The Kier molecular flexibility index (Phi) is 3.83. The van der Waals surface area contributed by atoms with Gasteiger partial charge in [0.2, 0.25) is 11.2 Å². The molecule has 0 aliphatic carbocycles. The fourth-order valence-corrected chi connectivity index (χ4v) is 3.03. The van der Waals surface area contributed by atoms with Crippen molar-refractivity contribution in [3.63, 3.8) is 0 Å². The molecule has 3 heterocycles. The number of hydrogen-bond donors (Lipinski definition) is 0. The van der Waals surface area contributed by atoms with Crippen LogP contribution in [0.25, 0.3) is 10.7 Å². The van der Waals surface area contributed by atoms with E-state index in [1.807, 2.05) is 16.3 Å². The van der Waals surface area contributed by atoms with Crippen LogP contribution in [0.3, 0.4) is 0 Å². The predicted octanol–water partition coefficient (Wildman–Crippen LogP) is 2.74. The van der Waals surface area contributed by atoms with Crippen LogP contribution < -0.4 is 4.90 Å². The topological polar surface area (TPSA) is 51.1 Å². The van der Waals surface area contributed by atoms with Crippen LogP contribution >= 0.6 is 34.5 Å². The maximum absolute atomic E-state index is 6.10. The largest absolute Gasteiger partial charge is 0.378 e. The average molecular weight is 317 g/mol. The molecule has 100 valence electrons. The molecule has 0 bridgehead atoms. The summed E-state index contributed by atoms with van der Waals surface area (Å²) in [7, 11) is 0. The van der Waals surface area contributed by atoms with E-state index in [1.165, 1.54) is 11.3 Å². The van der Waals surface area contributed by atoms with Gasteiger partial charge in [0, 0.05) is 13.1 Å². The molecule has 1 saturated heterocycles. The van der Waals surface area contributed by atoms with Gasteiger partial charge in [0.25, 0.3) is 0 Å². The highest BCUT2D eigenvalue weighted by Gasteiger charge is 2.18. The van der Waals surface area contributed by atoms with Gasteiger partial charge in [-0.2, -0.15) is 15.0 Å². The third kappa shape index (κ3) is 2.81. The number of thiophene rings is 1. The van der Waals surface area contributed by atoms with Gasteiger partial charge in [-0.1, -0.05) is 11.6 Å². The number of anilines is 1. The summed E-state index contributed by atoms with van der Waals surface area (Å²) in [6.45, 7) is 2.83. The second kappa shape index (κ2) is 5.58. The van der Waals surface area contributed by atoms with Gasteiger partial charge in [-0.25, -0.2) is 0 Å². The molecule has 0 amide bonds. The lowest BCUT2D eigenvalue weighted by molar-refractivity contribution is 0.122. The molecule has 5 nitrogen and oxygen atoms in total. The minimum Gasteiger partial charge on any atom is -0.378 e. The lowest BCUT2D eigenvalue weighted by Crippen LogP contribution is -2.37. The zero-order valence-corrected chi connectivity index (χ0v) is 12.2. The van der Waals surface area contributed by atoms with Crippen LogP contribution in [0, 0.1) is 0 Å². The number of hydrogen-bond acceptors (Lipinski definition) is 6. The van der Waals surface area contributed by atoms with Crippen LogP contribution in [0.5, 0.6) is 0 Å². The summed E-state index contributed by atoms with van der Waals surface area (Å²) in [6.07, 6.45) is 0. The van der Waals surface area contributed by atoms with Crippen molar-refractivity contribution in [1.82, 2.24) is 15.0 Å². The zero-order chi connectivity index (χ0) is 13.2. The summed E-state index contributed by atoms with van der Waals surface area (Å²) in [5.41, 5.74) is 0. The maximum Gasteiger partial charge on any atom is 0.230 e. The summed E-state index contributed by atoms with van der Waals surface area (Å²) < 4.78 is 5.31. The fourth-order valence-electron chi connectivity index (χ4n) is 1.80. The molecule has 0 radical (unpaired) electrons. The van der Waals surface area contributed by atoms with Crippen molar-refractivity contribution in [2.45, 2.75) is 0 Å². The van der Waals surface area contributed by atoms with Crippen molar-refractivity contribution < 1.29 is 4.74 Å². The maximum atomic E-state index is 6.10. The highest BCUT2D eigenvalue weighted by atomic mass is 35.5. The van der Waals surface area contributed by atoms with Gasteiger partial charge in [-0.05, 0) is 23.0 Å². The summed E-state index contributed by atoms with van der Waals surface area (Å²) in [5.74, 6) is 1.09. The van der Waals surface area contributed by atoms with Crippen LogP contribution in [-0.2, 0) is 4.74 Å². The van der Waals surface area contributed by atoms with Crippen LogP contribution in [0.1, 0.15) is 0 Å². The van der Waals surface area contributed by atoms with Crippen molar-refractivity contribution in [3.8, 4) is 10.7 Å². The molecule has 1 aliphatic heterocycles. The van der Waals surface area contributed by atoms with E-state index in [4.69, 9.17) is 27.9 Å². The molecule has 0 unspecified atom stereocenters. The summed E-state index contributed by atoms with van der Waals surface area (Å²) in [6, 6.07) is 1.81. The van der Waals surface area contributed by atoms with Crippen LogP contribution in [0.15, 0.2) is 11.4 Å². The Balaban J connectivity index is 1.98. The predicted molar refractivity (Wildman–Crippen MR) is 76.2 cm³/mol. The first-order valence-electron chi connectivity index (χ1n) is 5.71. The summed E-state index contributed by atoms with van der Waals surface area (Å²) >= 11 is 13.6. The Morgan fingerprint density at radius 3 is 2.63 bits per heavy atom. The number of halogens is 2. The third-order valence-corrected chi connectivity index (χ3v) is 4.22. The van der Waals surface area contributed by atoms with Gasteiger partial charge in [0.15, 0.2) is 5.82 Å².